The molecule has 4 aromatic carbocycles. The van der Waals surface area contributed by atoms with Crippen LogP contribution in [0, 0.1) is 20.2 Å². The second kappa shape index (κ2) is 9.84. The van der Waals surface area contributed by atoms with Crippen molar-refractivity contribution in [2.24, 2.45) is 0 Å². The lowest BCUT2D eigenvalue weighted by Gasteiger charge is -2.26. The maximum absolute atomic E-state index is 11.4. The minimum Gasteiger partial charge on any atom is -0.356 e. The third-order valence-electron chi connectivity index (χ3n) is 5.24. The number of ether oxygens (including phenoxy) is 1. The largest absolute Gasteiger partial charge is 0.356 e. The summed E-state index contributed by atoms with van der Waals surface area (Å²) in [6.07, 6.45) is -1.29. The summed E-state index contributed by atoms with van der Waals surface area (Å²) in [6.45, 7) is 0. The van der Waals surface area contributed by atoms with Crippen LogP contribution in [0.5, 0.6) is 0 Å². The van der Waals surface area contributed by atoms with E-state index >= 15 is 0 Å². The van der Waals surface area contributed by atoms with E-state index < -0.39 is 22.1 Å². The number of nitro groups is 2. The number of hydrogen-bond donors (Lipinski definition) is 0. The van der Waals surface area contributed by atoms with Gasteiger partial charge in [-0.3, -0.25) is 20.2 Å². The van der Waals surface area contributed by atoms with Gasteiger partial charge in [0.1, 0.15) is 12.2 Å². The zero-order valence-corrected chi connectivity index (χ0v) is 17.5. The summed E-state index contributed by atoms with van der Waals surface area (Å²) < 4.78 is 6.62. The van der Waals surface area contributed by atoms with E-state index in [4.69, 9.17) is 4.74 Å². The highest BCUT2D eigenvalue weighted by Crippen LogP contribution is 2.37. The molecule has 0 amide bonds. The van der Waals surface area contributed by atoms with E-state index in [1.165, 1.54) is 24.3 Å². The van der Waals surface area contributed by atoms with Crippen LogP contribution < -0.4 is 0 Å². The molecule has 0 aromatic heterocycles. The lowest BCUT2D eigenvalue weighted by molar-refractivity contribution is -0.385. The summed E-state index contributed by atoms with van der Waals surface area (Å²) in [5.74, 6) is 0. The van der Waals surface area contributed by atoms with Gasteiger partial charge >= 0.3 is 0 Å². The highest BCUT2D eigenvalue weighted by atomic mass is 16.6. The van der Waals surface area contributed by atoms with Gasteiger partial charge in [0.05, 0.1) is 9.85 Å². The van der Waals surface area contributed by atoms with Crippen molar-refractivity contribution in [3.8, 4) is 0 Å². The van der Waals surface area contributed by atoms with Crippen molar-refractivity contribution < 1.29 is 14.6 Å². The van der Waals surface area contributed by atoms with Gasteiger partial charge in [-0.1, -0.05) is 84.9 Å². The van der Waals surface area contributed by atoms with Gasteiger partial charge in [-0.15, -0.1) is 0 Å². The Morgan fingerprint density at radius 3 is 1.24 bits per heavy atom. The zero-order valence-electron chi connectivity index (χ0n) is 17.5. The Kier molecular flexibility index (Phi) is 6.52. The Morgan fingerprint density at radius 2 is 0.879 bits per heavy atom. The Balaban J connectivity index is 1.83. The fraction of sp³-hybridized carbons (Fsp3) is 0.0769. The maximum Gasteiger partial charge on any atom is 0.269 e. The highest BCUT2D eigenvalue weighted by Gasteiger charge is 2.25. The maximum atomic E-state index is 11.4. The van der Waals surface area contributed by atoms with E-state index in [0.29, 0.717) is 11.1 Å². The molecule has 33 heavy (non-hydrogen) atoms. The third-order valence-corrected chi connectivity index (χ3v) is 5.24. The van der Waals surface area contributed by atoms with Crippen LogP contribution in [0.4, 0.5) is 11.4 Å². The fourth-order valence-electron chi connectivity index (χ4n) is 3.69. The first kappa shape index (κ1) is 21.9. The second-order valence-electron chi connectivity index (χ2n) is 7.42. The number of benzene rings is 4. The normalized spacial score (nSPS) is 12.6. The average molecular weight is 440 g/mol. The fourth-order valence-corrected chi connectivity index (χ4v) is 3.69. The standard InChI is InChI=1S/C26H20N2O5/c29-27(30)23-15-7-13-21(17-23)25(19-9-3-1-4-10-19)33-26(20-11-5-2-6-12-20)22-14-8-16-24(18-22)28(31)32/h1-18,25-26H. The van der Waals surface area contributed by atoms with Crippen molar-refractivity contribution in [2.45, 2.75) is 12.2 Å². The van der Waals surface area contributed by atoms with E-state index in [0.717, 1.165) is 11.1 Å². The predicted octanol–water partition coefficient (Wildman–Crippen LogP) is 6.40. The number of nitrogens with zero attached hydrogens (tertiary/aromatic N) is 2. The molecule has 4 rings (SSSR count). The second-order valence-corrected chi connectivity index (χ2v) is 7.42. The molecule has 7 heteroatoms. The molecule has 0 fully saturated rings. The van der Waals surface area contributed by atoms with Gasteiger partial charge in [-0.05, 0) is 22.3 Å². The minimum absolute atomic E-state index is 0.0383. The van der Waals surface area contributed by atoms with Crippen LogP contribution in [0.1, 0.15) is 34.5 Å². The Labute approximate surface area is 190 Å². The summed E-state index contributed by atoms with van der Waals surface area (Å²) in [4.78, 5) is 21.9. The molecule has 0 N–H and O–H groups in total. The first-order valence-electron chi connectivity index (χ1n) is 10.3. The van der Waals surface area contributed by atoms with Crippen LogP contribution in [-0.2, 0) is 4.74 Å². The molecule has 2 atom stereocenters. The number of hydrogen-bond acceptors (Lipinski definition) is 5. The Morgan fingerprint density at radius 1 is 0.515 bits per heavy atom. The molecule has 7 nitrogen and oxygen atoms in total. The molecular formula is C26H20N2O5. The van der Waals surface area contributed by atoms with E-state index in [-0.39, 0.29) is 11.4 Å². The monoisotopic (exact) mass is 440 g/mol. The summed E-state index contributed by atoms with van der Waals surface area (Å²) in [5.41, 5.74) is 2.77. The molecule has 0 spiro atoms. The van der Waals surface area contributed by atoms with E-state index in [1.54, 1.807) is 24.3 Å². The lowest BCUT2D eigenvalue weighted by Crippen LogP contribution is -2.13. The summed E-state index contributed by atoms with van der Waals surface area (Å²) in [7, 11) is 0. The van der Waals surface area contributed by atoms with Crippen LogP contribution in [0.25, 0.3) is 0 Å². The molecule has 0 aliphatic carbocycles. The summed E-state index contributed by atoms with van der Waals surface area (Å²) >= 11 is 0. The SMILES string of the molecule is O=[N+]([O-])c1cccc(C(OC(c2ccccc2)c2cccc([N+](=O)[O-])c2)c2ccccc2)c1. The number of rotatable bonds is 8. The van der Waals surface area contributed by atoms with Gasteiger partial charge in [-0.2, -0.15) is 0 Å². The van der Waals surface area contributed by atoms with Crippen LogP contribution >= 0.6 is 0 Å². The summed E-state index contributed by atoms with van der Waals surface area (Å²) in [5, 5.41) is 22.8. The van der Waals surface area contributed by atoms with E-state index in [1.807, 2.05) is 60.7 Å². The molecule has 2 unspecified atom stereocenters. The molecule has 0 saturated carbocycles. The molecule has 0 bridgehead atoms. The van der Waals surface area contributed by atoms with Gasteiger partial charge in [0.2, 0.25) is 0 Å². The lowest BCUT2D eigenvalue weighted by atomic mass is 9.97. The molecule has 0 heterocycles. The van der Waals surface area contributed by atoms with Crippen LogP contribution in [-0.4, -0.2) is 9.85 Å². The van der Waals surface area contributed by atoms with Crippen molar-refractivity contribution in [1.29, 1.82) is 0 Å². The van der Waals surface area contributed by atoms with Crippen molar-refractivity contribution in [2.75, 3.05) is 0 Å². The van der Waals surface area contributed by atoms with E-state index in [9.17, 15) is 20.2 Å². The quantitative estimate of drug-likeness (QED) is 0.233. The van der Waals surface area contributed by atoms with Crippen molar-refractivity contribution in [3.05, 3.63) is 152 Å². The van der Waals surface area contributed by atoms with Crippen molar-refractivity contribution >= 4 is 11.4 Å². The van der Waals surface area contributed by atoms with E-state index in [2.05, 4.69) is 0 Å². The van der Waals surface area contributed by atoms with Crippen molar-refractivity contribution in [1.82, 2.24) is 0 Å². The average Bonchev–Trinajstić information content (AvgIpc) is 2.86. The van der Waals surface area contributed by atoms with Crippen LogP contribution in [0.3, 0.4) is 0 Å². The first-order chi connectivity index (χ1) is 16.0. The smallest absolute Gasteiger partial charge is 0.269 e. The van der Waals surface area contributed by atoms with Gasteiger partial charge < -0.3 is 4.74 Å². The molecule has 0 aliphatic rings. The van der Waals surface area contributed by atoms with Gasteiger partial charge in [0.15, 0.2) is 0 Å². The van der Waals surface area contributed by atoms with Crippen LogP contribution in [0.2, 0.25) is 0 Å². The Hall–Kier alpha value is -4.36. The number of nitro benzene ring substituents is 2. The van der Waals surface area contributed by atoms with Gasteiger partial charge in [0.25, 0.3) is 11.4 Å². The zero-order chi connectivity index (χ0) is 23.2. The molecule has 0 saturated heterocycles. The van der Waals surface area contributed by atoms with Gasteiger partial charge in [-0.25, -0.2) is 0 Å². The first-order valence-corrected chi connectivity index (χ1v) is 10.3. The molecule has 164 valence electrons. The molecule has 0 radical (unpaired) electrons. The van der Waals surface area contributed by atoms with Crippen molar-refractivity contribution in [3.63, 3.8) is 0 Å². The molecule has 4 aromatic rings. The summed E-state index contributed by atoms with van der Waals surface area (Å²) in [6, 6.07) is 31.4. The minimum atomic E-state index is -0.643. The predicted molar refractivity (Wildman–Crippen MR) is 124 cm³/mol. The topological polar surface area (TPSA) is 95.5 Å². The highest BCUT2D eigenvalue weighted by molar-refractivity contribution is 5.42. The molecular weight excluding hydrogens is 420 g/mol. The molecule has 0 aliphatic heterocycles. The number of non-ortho nitro benzene ring substituents is 2. The third kappa shape index (κ3) is 5.11. The van der Waals surface area contributed by atoms with Crippen LogP contribution in [0.15, 0.2) is 109 Å². The Bertz CT molecular complexity index is 1160. The van der Waals surface area contributed by atoms with Gasteiger partial charge in [0, 0.05) is 24.3 Å².